The first-order valence-corrected chi connectivity index (χ1v) is 11.0. The number of aryl methyl sites for hydroxylation is 2. The Bertz CT molecular complexity index is 1050. The molecule has 0 aromatic heterocycles. The zero-order valence-electron chi connectivity index (χ0n) is 17.4. The first-order chi connectivity index (χ1) is 13.4. The molecule has 154 valence electrons. The van der Waals surface area contributed by atoms with Crippen LogP contribution >= 0.6 is 0 Å². The van der Waals surface area contributed by atoms with Crippen molar-refractivity contribution in [3.63, 3.8) is 0 Å². The molecule has 0 aliphatic carbocycles. The highest BCUT2D eigenvalue weighted by molar-refractivity contribution is 7.89. The van der Waals surface area contributed by atoms with E-state index in [0.717, 1.165) is 11.1 Å². The Kier molecular flexibility index (Phi) is 5.45. The van der Waals surface area contributed by atoms with E-state index in [9.17, 15) is 18.3 Å². The molecule has 0 fully saturated rings. The van der Waals surface area contributed by atoms with E-state index in [1.54, 1.807) is 42.5 Å². The maximum absolute atomic E-state index is 13.7. The van der Waals surface area contributed by atoms with Crippen molar-refractivity contribution in [2.24, 2.45) is 5.41 Å². The molecule has 6 heteroatoms. The Morgan fingerprint density at radius 3 is 1.86 bits per heavy atom. The van der Waals surface area contributed by atoms with Crippen LogP contribution in [0.5, 0.6) is 0 Å². The van der Waals surface area contributed by atoms with Crippen LogP contribution in [0.2, 0.25) is 0 Å². The van der Waals surface area contributed by atoms with Gasteiger partial charge >= 0.3 is 5.97 Å². The van der Waals surface area contributed by atoms with Gasteiger partial charge in [-0.3, -0.25) is 0 Å². The molecular formula is C23H27NO4S. The van der Waals surface area contributed by atoms with Crippen molar-refractivity contribution in [3.8, 4) is 0 Å². The molecular weight excluding hydrogens is 386 g/mol. The van der Waals surface area contributed by atoms with Gasteiger partial charge in [0.15, 0.2) is 0 Å². The Labute approximate surface area is 172 Å². The van der Waals surface area contributed by atoms with E-state index in [4.69, 9.17) is 0 Å². The van der Waals surface area contributed by atoms with Crippen molar-refractivity contribution in [3.05, 3.63) is 76.9 Å². The number of hydrogen-bond donors (Lipinski definition) is 1. The molecule has 3 rings (SSSR count). The van der Waals surface area contributed by atoms with Crippen LogP contribution in [0.25, 0.3) is 0 Å². The van der Waals surface area contributed by atoms with Crippen LogP contribution in [-0.4, -0.2) is 29.8 Å². The van der Waals surface area contributed by atoms with E-state index in [1.165, 1.54) is 4.31 Å². The zero-order chi connectivity index (χ0) is 21.6. The van der Waals surface area contributed by atoms with E-state index in [1.807, 2.05) is 46.8 Å². The second kappa shape index (κ2) is 7.43. The van der Waals surface area contributed by atoms with Crippen LogP contribution in [0.15, 0.2) is 65.1 Å². The molecule has 0 amide bonds. The number of rotatable bonds is 4. The third-order valence-electron chi connectivity index (χ3n) is 5.28. The molecule has 0 radical (unpaired) electrons. The number of carboxylic acid groups (broad SMARTS) is 1. The summed E-state index contributed by atoms with van der Waals surface area (Å²) >= 11 is 0. The molecule has 0 spiro atoms. The normalized spacial score (nSPS) is 20.5. The summed E-state index contributed by atoms with van der Waals surface area (Å²) in [7, 11) is -3.94. The highest BCUT2D eigenvalue weighted by Crippen LogP contribution is 2.46. The van der Waals surface area contributed by atoms with E-state index in [2.05, 4.69) is 0 Å². The van der Waals surface area contributed by atoms with Crippen LogP contribution in [-0.2, 0) is 14.8 Å². The molecule has 1 aliphatic heterocycles. The highest BCUT2D eigenvalue weighted by atomic mass is 32.2. The summed E-state index contributed by atoms with van der Waals surface area (Å²) in [6.45, 7) is 9.59. The topological polar surface area (TPSA) is 74.7 Å². The largest absolute Gasteiger partial charge is 0.478 e. The van der Waals surface area contributed by atoms with Crippen LogP contribution in [0.4, 0.5) is 0 Å². The fourth-order valence-corrected chi connectivity index (χ4v) is 5.56. The van der Waals surface area contributed by atoms with Crippen LogP contribution in [0.3, 0.4) is 0 Å². The zero-order valence-corrected chi connectivity index (χ0v) is 18.2. The summed E-state index contributed by atoms with van der Waals surface area (Å²) in [5, 5.41) is 9.88. The first-order valence-electron chi connectivity index (χ1n) is 9.54. The number of hydrogen-bond acceptors (Lipinski definition) is 3. The molecule has 0 bridgehead atoms. The second-order valence-electron chi connectivity index (χ2n) is 8.70. The van der Waals surface area contributed by atoms with Gasteiger partial charge in [-0.15, -0.1) is 0 Å². The van der Waals surface area contributed by atoms with Gasteiger partial charge in [-0.05, 0) is 37.0 Å². The third-order valence-corrected chi connectivity index (χ3v) is 7.15. The smallest absolute Gasteiger partial charge is 0.333 e. The summed E-state index contributed by atoms with van der Waals surface area (Å²) < 4.78 is 28.8. The quantitative estimate of drug-likeness (QED) is 0.802. The third kappa shape index (κ3) is 4.00. The van der Waals surface area contributed by atoms with Crippen molar-refractivity contribution < 1.29 is 18.3 Å². The standard InChI is InChI=1S/C23H27NO4S/c1-15-6-10-17(11-7-15)21-19(22(25)26)14-20(23(3,4)5)24(21)29(27,28)18-12-8-16(2)9-13-18/h6-14,20-21H,1-5H3,(H,25,26)/t20?,21-/m0/s1. The van der Waals surface area contributed by atoms with Crippen molar-refractivity contribution in [2.75, 3.05) is 0 Å². The summed E-state index contributed by atoms with van der Waals surface area (Å²) in [6, 6.07) is 12.5. The number of aliphatic carboxylic acids is 1. The maximum Gasteiger partial charge on any atom is 0.333 e. The maximum atomic E-state index is 13.7. The van der Waals surface area contributed by atoms with Gasteiger partial charge < -0.3 is 5.11 Å². The number of carbonyl (C=O) groups is 1. The van der Waals surface area contributed by atoms with Crippen molar-refractivity contribution in [2.45, 2.75) is 51.6 Å². The van der Waals surface area contributed by atoms with Gasteiger partial charge in [0.05, 0.1) is 16.5 Å². The van der Waals surface area contributed by atoms with Gasteiger partial charge in [0, 0.05) is 6.04 Å². The Balaban J connectivity index is 2.23. The van der Waals surface area contributed by atoms with Crippen molar-refractivity contribution in [1.29, 1.82) is 0 Å². The van der Waals surface area contributed by atoms with Crippen molar-refractivity contribution in [1.82, 2.24) is 4.31 Å². The minimum absolute atomic E-state index is 0.0875. The Hall–Kier alpha value is -2.44. The molecule has 0 saturated carbocycles. The number of carboxylic acids is 1. The Morgan fingerprint density at radius 1 is 0.931 bits per heavy atom. The summed E-state index contributed by atoms with van der Waals surface area (Å²) in [5.74, 6) is -1.11. The molecule has 1 N–H and O–H groups in total. The van der Waals surface area contributed by atoms with Gasteiger partial charge in [0.2, 0.25) is 10.0 Å². The molecule has 1 heterocycles. The van der Waals surface area contributed by atoms with E-state index >= 15 is 0 Å². The van der Waals surface area contributed by atoms with Gasteiger partial charge in [-0.25, -0.2) is 13.2 Å². The molecule has 29 heavy (non-hydrogen) atoms. The van der Waals surface area contributed by atoms with Gasteiger partial charge in [-0.1, -0.05) is 74.4 Å². The number of nitrogens with zero attached hydrogens (tertiary/aromatic N) is 1. The molecule has 0 saturated heterocycles. The lowest BCUT2D eigenvalue weighted by Gasteiger charge is -2.37. The summed E-state index contributed by atoms with van der Waals surface area (Å²) in [6.07, 6.45) is 1.60. The highest BCUT2D eigenvalue weighted by Gasteiger charge is 2.49. The lowest BCUT2D eigenvalue weighted by molar-refractivity contribution is -0.133. The molecule has 1 aliphatic rings. The van der Waals surface area contributed by atoms with Crippen LogP contribution in [0, 0.1) is 19.3 Å². The summed E-state index contributed by atoms with van der Waals surface area (Å²) in [4.78, 5) is 12.3. The van der Waals surface area contributed by atoms with Crippen molar-refractivity contribution >= 4 is 16.0 Å². The minimum atomic E-state index is -3.94. The molecule has 1 unspecified atom stereocenters. The van der Waals surface area contributed by atoms with E-state index < -0.39 is 33.5 Å². The predicted molar refractivity (Wildman–Crippen MR) is 113 cm³/mol. The molecule has 5 nitrogen and oxygen atoms in total. The predicted octanol–water partition coefficient (Wildman–Crippen LogP) is 4.47. The van der Waals surface area contributed by atoms with Gasteiger partial charge in [-0.2, -0.15) is 4.31 Å². The summed E-state index contributed by atoms with van der Waals surface area (Å²) in [5.41, 5.74) is 2.22. The fourth-order valence-electron chi connectivity index (χ4n) is 3.65. The lowest BCUT2D eigenvalue weighted by atomic mass is 9.87. The molecule has 2 aromatic rings. The van der Waals surface area contributed by atoms with Crippen LogP contribution < -0.4 is 0 Å². The number of benzene rings is 2. The molecule has 2 atom stereocenters. The first kappa shape index (κ1) is 21.3. The molecule has 2 aromatic carbocycles. The monoisotopic (exact) mass is 413 g/mol. The average molecular weight is 414 g/mol. The second-order valence-corrected chi connectivity index (χ2v) is 10.5. The fraction of sp³-hybridized carbons (Fsp3) is 0.348. The lowest BCUT2D eigenvalue weighted by Crippen LogP contribution is -2.45. The van der Waals surface area contributed by atoms with E-state index in [0.29, 0.717) is 5.56 Å². The van der Waals surface area contributed by atoms with Crippen LogP contribution in [0.1, 0.15) is 43.5 Å². The SMILES string of the molecule is Cc1ccc([C@H]2C(C(=O)O)=CC(C(C)(C)C)N2S(=O)(=O)c2ccc(C)cc2)cc1. The number of sulfonamides is 1. The van der Waals surface area contributed by atoms with E-state index in [-0.39, 0.29) is 10.5 Å². The Morgan fingerprint density at radius 2 is 1.41 bits per heavy atom. The minimum Gasteiger partial charge on any atom is -0.478 e. The van der Waals surface area contributed by atoms with Gasteiger partial charge in [0.25, 0.3) is 0 Å². The average Bonchev–Trinajstić information content (AvgIpc) is 3.05. The van der Waals surface area contributed by atoms with Gasteiger partial charge in [0.1, 0.15) is 0 Å².